The van der Waals surface area contributed by atoms with E-state index in [4.69, 9.17) is 25.8 Å². The minimum atomic E-state index is -4.29. The molecule has 0 fully saturated rings. The first-order chi connectivity index (χ1) is 19.8. The minimum absolute atomic E-state index is 0.0595. The predicted octanol–water partition coefficient (Wildman–Crippen LogP) is 2.92. The van der Waals surface area contributed by atoms with Crippen LogP contribution in [0.25, 0.3) is 5.69 Å². The lowest BCUT2D eigenvalue weighted by Crippen LogP contribution is -2.48. The number of benzene rings is 3. The SMILES string of the molecule is O=C(NO)C1c2c([nH]n(-c3ccccc3)c2=O)CCN1S(=O)(=O)c1ccc(OCc2cc3c(cc2Cl)OCO3)cc1. The van der Waals surface area contributed by atoms with E-state index in [1.807, 2.05) is 0 Å². The summed E-state index contributed by atoms with van der Waals surface area (Å²) in [5, 5.41) is 12.9. The average molecular weight is 599 g/mol. The summed E-state index contributed by atoms with van der Waals surface area (Å²) < 4.78 is 46.1. The lowest BCUT2D eigenvalue weighted by Gasteiger charge is -2.32. The lowest BCUT2D eigenvalue weighted by molar-refractivity contribution is -0.133. The molecule has 12 nitrogen and oxygen atoms in total. The summed E-state index contributed by atoms with van der Waals surface area (Å²) in [7, 11) is -4.29. The number of sulfonamides is 1. The number of H-pyrrole nitrogens is 1. The highest BCUT2D eigenvalue weighted by Crippen LogP contribution is 2.37. The van der Waals surface area contributed by atoms with E-state index >= 15 is 0 Å². The fourth-order valence-electron chi connectivity index (χ4n) is 4.88. The van der Waals surface area contributed by atoms with Crippen LogP contribution in [0.15, 0.2) is 76.4 Å². The summed E-state index contributed by atoms with van der Waals surface area (Å²) in [5.74, 6) is 0.426. The van der Waals surface area contributed by atoms with Crippen molar-refractivity contribution in [3.63, 3.8) is 0 Å². The van der Waals surface area contributed by atoms with Gasteiger partial charge in [-0.2, -0.15) is 4.31 Å². The van der Waals surface area contributed by atoms with E-state index in [-0.39, 0.29) is 36.8 Å². The Morgan fingerprint density at radius 1 is 1.10 bits per heavy atom. The number of amides is 1. The summed E-state index contributed by atoms with van der Waals surface area (Å²) >= 11 is 6.30. The Balaban J connectivity index is 1.26. The summed E-state index contributed by atoms with van der Waals surface area (Å²) in [5.41, 5.74) is 2.44. The number of hydroxylamine groups is 1. The van der Waals surface area contributed by atoms with Crippen LogP contribution in [0, 0.1) is 0 Å². The van der Waals surface area contributed by atoms with Gasteiger partial charge in [0.05, 0.1) is 21.2 Å². The predicted molar refractivity (Wildman–Crippen MR) is 145 cm³/mol. The number of halogens is 1. The van der Waals surface area contributed by atoms with Gasteiger partial charge >= 0.3 is 0 Å². The second-order valence-electron chi connectivity index (χ2n) is 9.28. The van der Waals surface area contributed by atoms with Crippen LogP contribution in [-0.2, 0) is 27.8 Å². The van der Waals surface area contributed by atoms with Gasteiger partial charge in [-0.3, -0.25) is 19.9 Å². The Hall–Kier alpha value is -4.30. The molecule has 4 aromatic rings. The second kappa shape index (κ2) is 10.6. The number of aromatic nitrogens is 2. The average Bonchev–Trinajstić information content (AvgIpc) is 3.59. The first-order valence-electron chi connectivity index (χ1n) is 12.4. The molecule has 3 heterocycles. The van der Waals surface area contributed by atoms with Crippen LogP contribution < -0.4 is 25.2 Å². The van der Waals surface area contributed by atoms with E-state index in [9.17, 15) is 23.2 Å². The molecule has 0 saturated carbocycles. The number of hydrogen-bond acceptors (Lipinski definition) is 8. The van der Waals surface area contributed by atoms with Crippen molar-refractivity contribution in [3.05, 3.63) is 98.9 Å². The second-order valence-corrected chi connectivity index (χ2v) is 11.6. The van der Waals surface area contributed by atoms with Crippen LogP contribution in [0.5, 0.6) is 17.2 Å². The molecular weight excluding hydrogens is 576 g/mol. The van der Waals surface area contributed by atoms with Gasteiger partial charge in [-0.25, -0.2) is 18.6 Å². The number of nitrogens with zero attached hydrogens (tertiary/aromatic N) is 2. The molecule has 6 rings (SSSR count). The van der Waals surface area contributed by atoms with Crippen molar-refractivity contribution >= 4 is 27.5 Å². The van der Waals surface area contributed by atoms with E-state index in [1.54, 1.807) is 42.5 Å². The third-order valence-corrected chi connectivity index (χ3v) is 9.12. The van der Waals surface area contributed by atoms with Gasteiger partial charge in [-0.05, 0) is 42.5 Å². The molecule has 0 radical (unpaired) electrons. The molecule has 0 saturated heterocycles. The number of hydrogen-bond donors (Lipinski definition) is 3. The van der Waals surface area contributed by atoms with Gasteiger partial charge in [0, 0.05) is 30.3 Å². The van der Waals surface area contributed by atoms with Gasteiger partial charge in [-0.15, -0.1) is 0 Å². The van der Waals surface area contributed by atoms with Gasteiger partial charge in [0.1, 0.15) is 18.4 Å². The summed E-state index contributed by atoms with van der Waals surface area (Å²) in [6.07, 6.45) is 0.149. The van der Waals surface area contributed by atoms with E-state index < -0.39 is 27.5 Å². The zero-order valence-electron chi connectivity index (χ0n) is 21.2. The van der Waals surface area contributed by atoms with Crippen LogP contribution in [0.1, 0.15) is 22.9 Å². The number of para-hydroxylation sites is 1. The van der Waals surface area contributed by atoms with Crippen molar-refractivity contribution in [3.8, 4) is 22.9 Å². The number of nitrogens with one attached hydrogen (secondary N) is 2. The molecule has 1 atom stereocenters. The first kappa shape index (κ1) is 26.9. The van der Waals surface area contributed by atoms with Gasteiger partial charge < -0.3 is 14.2 Å². The molecule has 0 bridgehead atoms. The molecule has 41 heavy (non-hydrogen) atoms. The number of rotatable bonds is 7. The van der Waals surface area contributed by atoms with Crippen LogP contribution in [-0.4, -0.2) is 47.0 Å². The van der Waals surface area contributed by atoms with Crippen molar-refractivity contribution in [2.24, 2.45) is 0 Å². The van der Waals surface area contributed by atoms with Crippen molar-refractivity contribution in [2.45, 2.75) is 24.0 Å². The minimum Gasteiger partial charge on any atom is -0.489 e. The molecule has 0 aliphatic carbocycles. The molecule has 2 aliphatic heterocycles. The Morgan fingerprint density at radius 2 is 1.80 bits per heavy atom. The van der Waals surface area contributed by atoms with Crippen LogP contribution in [0.3, 0.4) is 0 Å². The molecule has 14 heteroatoms. The number of ether oxygens (including phenoxy) is 3. The molecule has 3 aromatic carbocycles. The maximum atomic E-state index is 13.7. The van der Waals surface area contributed by atoms with Crippen molar-refractivity contribution in [1.29, 1.82) is 0 Å². The van der Waals surface area contributed by atoms with Crippen molar-refractivity contribution < 1.29 is 32.6 Å². The molecule has 212 valence electrons. The lowest BCUT2D eigenvalue weighted by atomic mass is 10.0. The van der Waals surface area contributed by atoms with Crippen LogP contribution >= 0.6 is 11.6 Å². The highest BCUT2D eigenvalue weighted by Gasteiger charge is 2.43. The third kappa shape index (κ3) is 4.82. The van der Waals surface area contributed by atoms with E-state index in [2.05, 4.69) is 5.10 Å². The van der Waals surface area contributed by atoms with Gasteiger partial charge in [-0.1, -0.05) is 29.8 Å². The number of carbonyl (C=O) groups excluding carboxylic acids is 1. The molecule has 3 N–H and O–H groups in total. The van der Waals surface area contributed by atoms with Gasteiger partial charge in [0.15, 0.2) is 11.5 Å². The molecule has 1 unspecified atom stereocenters. The van der Waals surface area contributed by atoms with Crippen molar-refractivity contribution in [1.82, 2.24) is 19.6 Å². The fraction of sp³-hybridized carbons (Fsp3) is 0.185. The number of carbonyl (C=O) groups is 1. The zero-order valence-corrected chi connectivity index (χ0v) is 22.8. The van der Waals surface area contributed by atoms with Gasteiger partial charge in [0.25, 0.3) is 11.5 Å². The largest absolute Gasteiger partial charge is 0.489 e. The van der Waals surface area contributed by atoms with Crippen molar-refractivity contribution in [2.75, 3.05) is 13.3 Å². The maximum Gasteiger partial charge on any atom is 0.276 e. The highest BCUT2D eigenvalue weighted by molar-refractivity contribution is 7.89. The Morgan fingerprint density at radius 3 is 2.51 bits per heavy atom. The Kier molecular flexibility index (Phi) is 6.95. The zero-order chi connectivity index (χ0) is 28.7. The normalized spacial score (nSPS) is 16.3. The fourth-order valence-corrected chi connectivity index (χ4v) is 6.65. The first-order valence-corrected chi connectivity index (χ1v) is 14.3. The summed E-state index contributed by atoms with van der Waals surface area (Å²) in [6, 6.07) is 16.1. The smallest absolute Gasteiger partial charge is 0.276 e. The van der Waals surface area contributed by atoms with E-state index in [0.717, 1.165) is 4.31 Å². The molecule has 1 aromatic heterocycles. The molecule has 0 spiro atoms. The quantitative estimate of drug-likeness (QED) is 0.217. The number of aromatic amines is 1. The highest BCUT2D eigenvalue weighted by atomic mass is 35.5. The Labute approximate surface area is 238 Å². The van der Waals surface area contributed by atoms with Gasteiger partial charge in [0.2, 0.25) is 16.8 Å². The topological polar surface area (TPSA) is 152 Å². The molecule has 1 amide bonds. The standard InChI is InChI=1S/C27H23ClN4O8S/c28-20-13-23-22(39-15-40-23)12-16(20)14-38-18-6-8-19(9-7-18)41(36,37)31-11-10-21-24(25(31)26(33)30-35)27(34)32(29-21)17-4-2-1-3-5-17/h1-9,12-13,25,29,35H,10-11,14-15H2,(H,30,33). The third-order valence-electron chi connectivity index (χ3n) is 6.89. The molecule has 2 aliphatic rings. The van der Waals surface area contributed by atoms with E-state index in [1.165, 1.54) is 34.4 Å². The van der Waals surface area contributed by atoms with E-state index in [0.29, 0.717) is 39.2 Å². The number of fused-ring (bicyclic) bond motifs is 2. The van der Waals surface area contributed by atoms with Crippen LogP contribution in [0.4, 0.5) is 0 Å². The Bertz CT molecular complexity index is 1790. The maximum absolute atomic E-state index is 13.7. The molecular formula is C27H23ClN4O8S. The summed E-state index contributed by atoms with van der Waals surface area (Å²) in [6.45, 7) is 0.0950. The monoisotopic (exact) mass is 598 g/mol. The van der Waals surface area contributed by atoms with Crippen LogP contribution in [0.2, 0.25) is 5.02 Å². The summed E-state index contributed by atoms with van der Waals surface area (Å²) in [4.78, 5) is 26.1.